The molecule has 3 aromatic rings. The van der Waals surface area contributed by atoms with E-state index in [-0.39, 0.29) is 23.7 Å². The summed E-state index contributed by atoms with van der Waals surface area (Å²) in [7, 11) is 1.96. The smallest absolute Gasteiger partial charge is 0.321 e. The highest BCUT2D eigenvalue weighted by Crippen LogP contribution is 2.44. The van der Waals surface area contributed by atoms with Crippen molar-refractivity contribution in [2.45, 2.75) is 83.2 Å². The van der Waals surface area contributed by atoms with Crippen LogP contribution < -0.4 is 0 Å². The van der Waals surface area contributed by atoms with E-state index in [2.05, 4.69) is 22.8 Å². The van der Waals surface area contributed by atoms with E-state index in [9.17, 15) is 14.3 Å². The van der Waals surface area contributed by atoms with Crippen LogP contribution in [0, 0.1) is 17.7 Å². The Morgan fingerprint density at radius 2 is 1.91 bits per heavy atom. The lowest BCUT2D eigenvalue weighted by molar-refractivity contribution is -0.145. The van der Waals surface area contributed by atoms with E-state index >= 15 is 0 Å². The van der Waals surface area contributed by atoms with Crippen molar-refractivity contribution in [1.82, 2.24) is 14.8 Å². The fourth-order valence-corrected chi connectivity index (χ4v) is 9.10. The topological polar surface area (TPSA) is 56.7 Å². The summed E-state index contributed by atoms with van der Waals surface area (Å²) in [5.41, 5.74) is 3.48. The van der Waals surface area contributed by atoms with Crippen molar-refractivity contribution in [3.8, 4) is 0 Å². The van der Waals surface area contributed by atoms with E-state index in [0.29, 0.717) is 11.8 Å². The second-order valence-electron chi connectivity index (χ2n) is 12.9. The van der Waals surface area contributed by atoms with Crippen molar-refractivity contribution in [2.75, 3.05) is 26.7 Å². The molecule has 0 bridgehead atoms. The minimum atomic E-state index is -0.768. The first kappa shape index (κ1) is 32.1. The fraction of sp³-hybridized carbons (Fsp3) is 0.543. The lowest BCUT2D eigenvalue weighted by atomic mass is 9.87. The van der Waals surface area contributed by atoms with Crippen molar-refractivity contribution >= 4 is 28.9 Å². The van der Waals surface area contributed by atoms with Crippen LogP contribution in [0.4, 0.5) is 4.39 Å². The Kier molecular flexibility index (Phi) is 10.6. The molecule has 1 aromatic heterocycles. The Morgan fingerprint density at radius 3 is 2.56 bits per heavy atom. The van der Waals surface area contributed by atoms with Crippen molar-refractivity contribution in [3.63, 3.8) is 0 Å². The number of carbonyl (C=O) groups is 1. The van der Waals surface area contributed by atoms with E-state index in [1.54, 1.807) is 12.1 Å². The predicted molar refractivity (Wildman–Crippen MR) is 174 cm³/mol. The molecule has 5 nitrogen and oxygen atoms in total. The summed E-state index contributed by atoms with van der Waals surface area (Å²) in [4.78, 5) is 23.3. The largest absolute Gasteiger partial charge is 0.480 e. The van der Waals surface area contributed by atoms with E-state index in [1.165, 1.54) is 22.2 Å². The van der Waals surface area contributed by atoms with Gasteiger partial charge in [0.2, 0.25) is 0 Å². The Hall–Kier alpha value is -2.32. The molecule has 0 radical (unpaired) electrons. The van der Waals surface area contributed by atoms with Crippen molar-refractivity contribution in [2.24, 2.45) is 11.8 Å². The molecule has 1 saturated heterocycles. The maximum absolute atomic E-state index is 14.3. The first-order valence-electron chi connectivity index (χ1n) is 15.8. The summed E-state index contributed by atoms with van der Waals surface area (Å²) < 4.78 is 14.3. The number of likely N-dealkylation sites (N-methyl/N-ethyl adjacent to an activating group) is 1. The summed E-state index contributed by atoms with van der Waals surface area (Å²) in [6.07, 6.45) is 5.77. The molecule has 8 heteroatoms. The number of aliphatic carboxylic acids is 1. The third-order valence-corrected chi connectivity index (χ3v) is 11.1. The molecular weight excluding hydrogens is 581 g/mol. The number of carboxylic acids is 1. The molecule has 1 aliphatic carbocycles. The third-order valence-electron chi connectivity index (χ3n) is 9.65. The van der Waals surface area contributed by atoms with Crippen LogP contribution in [0.3, 0.4) is 0 Å². The summed E-state index contributed by atoms with van der Waals surface area (Å²) in [6.45, 7) is 9.18. The quantitative estimate of drug-likeness (QED) is 0.235. The Morgan fingerprint density at radius 1 is 1.16 bits per heavy atom. The van der Waals surface area contributed by atoms with Crippen LogP contribution in [0.1, 0.15) is 85.0 Å². The molecule has 1 aliphatic heterocycles. The van der Waals surface area contributed by atoms with Crippen molar-refractivity contribution in [1.29, 1.82) is 0 Å². The summed E-state index contributed by atoms with van der Waals surface area (Å²) in [5, 5.41) is 11.9. The van der Waals surface area contributed by atoms with E-state index in [0.717, 1.165) is 73.8 Å². The molecule has 0 amide bonds. The van der Waals surface area contributed by atoms with E-state index in [1.807, 2.05) is 56.5 Å². The molecule has 2 heterocycles. The number of aryl methyl sites for hydroxylation is 1. The second kappa shape index (κ2) is 14.2. The van der Waals surface area contributed by atoms with Gasteiger partial charge in [-0.3, -0.25) is 9.69 Å². The minimum Gasteiger partial charge on any atom is -0.480 e. The van der Waals surface area contributed by atoms with Gasteiger partial charge in [-0.1, -0.05) is 56.6 Å². The van der Waals surface area contributed by atoms with E-state index < -0.39 is 12.0 Å². The maximum Gasteiger partial charge on any atom is 0.321 e. The number of hydrogen-bond donors (Lipinski definition) is 1. The number of likely N-dealkylation sites (tertiary alicyclic amines) is 1. The molecule has 43 heavy (non-hydrogen) atoms. The maximum atomic E-state index is 14.3. The van der Waals surface area contributed by atoms with Crippen LogP contribution in [0.5, 0.6) is 0 Å². The molecule has 0 spiro atoms. The normalized spacial score (nSPS) is 22.5. The molecule has 2 aromatic carbocycles. The van der Waals surface area contributed by atoms with Crippen LogP contribution in [-0.4, -0.2) is 64.6 Å². The van der Waals surface area contributed by atoms with Crippen LogP contribution in [0.15, 0.2) is 48.5 Å². The Balaban J connectivity index is 1.26. The number of carboxylic acid groups (broad SMARTS) is 1. The first-order chi connectivity index (χ1) is 20.6. The van der Waals surface area contributed by atoms with Gasteiger partial charge in [0.25, 0.3) is 0 Å². The second-order valence-corrected chi connectivity index (χ2v) is 14.4. The molecule has 1 saturated carbocycles. The zero-order chi connectivity index (χ0) is 30.7. The highest BCUT2D eigenvalue weighted by Gasteiger charge is 2.42. The number of halogens is 2. The zero-order valence-electron chi connectivity index (χ0n) is 25.8. The van der Waals surface area contributed by atoms with Crippen LogP contribution in [-0.2, 0) is 17.6 Å². The molecule has 2 aliphatic rings. The highest BCUT2D eigenvalue weighted by atomic mass is 35.5. The summed E-state index contributed by atoms with van der Waals surface area (Å²) >= 11 is 8.09. The lowest BCUT2D eigenvalue weighted by Crippen LogP contribution is -2.47. The first-order valence-corrected chi connectivity index (χ1v) is 17.0. The number of thiazole rings is 1. The van der Waals surface area contributed by atoms with Crippen molar-refractivity contribution in [3.05, 3.63) is 86.1 Å². The number of hydrogen-bond acceptors (Lipinski definition) is 5. The van der Waals surface area contributed by atoms with Gasteiger partial charge in [-0.05, 0) is 111 Å². The molecule has 1 N–H and O–H groups in total. The van der Waals surface area contributed by atoms with Gasteiger partial charge >= 0.3 is 5.97 Å². The van der Waals surface area contributed by atoms with Crippen LogP contribution in [0.2, 0.25) is 5.02 Å². The zero-order valence-corrected chi connectivity index (χ0v) is 27.4. The summed E-state index contributed by atoms with van der Waals surface area (Å²) in [5.74, 6) is 0.136. The minimum absolute atomic E-state index is 0.0129. The third kappa shape index (κ3) is 7.67. The Bertz CT molecular complexity index is 1390. The number of piperidine rings is 1. The van der Waals surface area contributed by atoms with Gasteiger partial charge in [0.15, 0.2) is 0 Å². The average molecular weight is 626 g/mol. The molecule has 232 valence electrons. The Labute approximate surface area is 265 Å². The van der Waals surface area contributed by atoms with Gasteiger partial charge in [0.1, 0.15) is 11.9 Å². The SMILES string of the molecule is CCc1nc(Cc2cccc(Cl)c2)sc1C1CCN(CC2CC(N(C)[C@@H](C(=O)O)C(C)C)CC2c2cccc(F)c2)CC1. The van der Waals surface area contributed by atoms with Crippen LogP contribution >= 0.6 is 22.9 Å². The predicted octanol–water partition coefficient (Wildman–Crippen LogP) is 7.87. The number of benzene rings is 2. The summed E-state index contributed by atoms with van der Waals surface area (Å²) in [6, 6.07) is 14.7. The fourth-order valence-electron chi connectivity index (χ4n) is 7.53. The van der Waals surface area contributed by atoms with Gasteiger partial charge in [-0.2, -0.15) is 0 Å². The molecule has 3 unspecified atom stereocenters. The standard InChI is InChI=1S/C35H45ClFN3O2S/c1-5-31-34(43-32(38-31)17-23-8-6-10-27(36)16-23)24-12-14-40(15-13-24)21-26-19-29(39(4)33(22(2)3)35(41)42)20-30(26)25-9-7-11-28(37)18-25/h6-11,16,18,22,24,26,29-30,33H,5,12-15,17,19-21H2,1-4H3,(H,41,42)/t26?,29?,30?,33-/m1/s1. The van der Waals surface area contributed by atoms with Gasteiger partial charge in [0, 0.05) is 28.9 Å². The van der Waals surface area contributed by atoms with E-state index in [4.69, 9.17) is 16.6 Å². The molecule has 2 fully saturated rings. The van der Waals surface area contributed by atoms with Crippen molar-refractivity contribution < 1.29 is 14.3 Å². The van der Waals surface area contributed by atoms with Crippen LogP contribution in [0.25, 0.3) is 0 Å². The molecule has 4 atom stereocenters. The number of rotatable bonds is 11. The van der Waals surface area contributed by atoms with Gasteiger partial charge in [-0.25, -0.2) is 9.37 Å². The molecule has 5 rings (SSSR count). The van der Waals surface area contributed by atoms with Gasteiger partial charge in [0.05, 0.1) is 10.7 Å². The van der Waals surface area contributed by atoms with Gasteiger partial charge < -0.3 is 10.0 Å². The lowest BCUT2D eigenvalue weighted by Gasteiger charge is -2.35. The van der Waals surface area contributed by atoms with Gasteiger partial charge in [-0.15, -0.1) is 11.3 Å². The monoisotopic (exact) mass is 625 g/mol. The number of nitrogens with zero attached hydrogens (tertiary/aromatic N) is 3. The highest BCUT2D eigenvalue weighted by molar-refractivity contribution is 7.11. The molecular formula is C35H45ClFN3O2S. The average Bonchev–Trinajstić information content (AvgIpc) is 3.57. The number of aromatic nitrogens is 1.